The first-order valence-electron chi connectivity index (χ1n) is 10.2. The van der Waals surface area contributed by atoms with Gasteiger partial charge in [0.15, 0.2) is 0 Å². The molecule has 0 unspecified atom stereocenters. The second-order valence-corrected chi connectivity index (χ2v) is 7.18. The monoisotopic (exact) mass is 435 g/mol. The Bertz CT molecular complexity index is 1070. The Morgan fingerprint density at radius 3 is 2.38 bits per heavy atom. The van der Waals surface area contributed by atoms with E-state index in [4.69, 9.17) is 4.74 Å². The van der Waals surface area contributed by atoms with E-state index >= 15 is 0 Å². The molecule has 8 heteroatoms. The van der Waals surface area contributed by atoms with Gasteiger partial charge in [-0.3, -0.25) is 0 Å². The molecule has 0 saturated heterocycles. The number of benzene rings is 3. The maximum Gasteiger partial charge on any atom is 0.407 e. The largest absolute Gasteiger partial charge is 0.480 e. The molecular weight excluding hydrogens is 410 g/mol. The van der Waals surface area contributed by atoms with Gasteiger partial charge in [0, 0.05) is 12.2 Å². The molecule has 0 bridgehead atoms. The van der Waals surface area contributed by atoms with Crippen LogP contribution in [0.2, 0.25) is 0 Å². The van der Waals surface area contributed by atoms with Gasteiger partial charge < -0.3 is 25.8 Å². The summed E-state index contributed by atoms with van der Waals surface area (Å²) in [6, 6.07) is 20.7. The summed E-state index contributed by atoms with van der Waals surface area (Å²) in [5.74, 6) is -1.15. The van der Waals surface area contributed by atoms with Crippen LogP contribution in [0.3, 0.4) is 0 Å². The lowest BCUT2D eigenvalue weighted by atomic mass is 10.1. The molecule has 0 radical (unpaired) electrons. The van der Waals surface area contributed by atoms with Crippen LogP contribution in [0.25, 0.3) is 10.8 Å². The third-order valence-electron chi connectivity index (χ3n) is 4.76. The van der Waals surface area contributed by atoms with E-state index in [9.17, 15) is 19.5 Å². The summed E-state index contributed by atoms with van der Waals surface area (Å²) in [6.07, 6.45) is -0.0738. The van der Waals surface area contributed by atoms with Crippen LogP contribution in [0.5, 0.6) is 0 Å². The van der Waals surface area contributed by atoms with Crippen molar-refractivity contribution in [1.82, 2.24) is 10.6 Å². The zero-order chi connectivity index (χ0) is 22.8. The minimum Gasteiger partial charge on any atom is -0.480 e. The lowest BCUT2D eigenvalue weighted by Crippen LogP contribution is -2.43. The van der Waals surface area contributed by atoms with Crippen LogP contribution in [-0.4, -0.2) is 35.8 Å². The second-order valence-electron chi connectivity index (χ2n) is 7.18. The molecule has 3 aromatic carbocycles. The molecule has 0 saturated carbocycles. The number of fused-ring (bicyclic) bond motifs is 1. The van der Waals surface area contributed by atoms with Crippen LogP contribution in [0.1, 0.15) is 18.4 Å². The number of urea groups is 1. The summed E-state index contributed by atoms with van der Waals surface area (Å²) in [7, 11) is 0. The molecule has 3 rings (SSSR count). The van der Waals surface area contributed by atoms with Crippen molar-refractivity contribution in [2.45, 2.75) is 25.5 Å². The number of carboxylic acids is 1. The summed E-state index contributed by atoms with van der Waals surface area (Å²) >= 11 is 0. The minimum absolute atomic E-state index is 0.152. The highest BCUT2D eigenvalue weighted by atomic mass is 16.5. The van der Waals surface area contributed by atoms with Crippen molar-refractivity contribution in [2.24, 2.45) is 0 Å². The van der Waals surface area contributed by atoms with Gasteiger partial charge in [0.05, 0.1) is 0 Å². The van der Waals surface area contributed by atoms with E-state index in [0.29, 0.717) is 12.1 Å². The summed E-state index contributed by atoms with van der Waals surface area (Å²) in [6.45, 7) is 0.381. The summed E-state index contributed by atoms with van der Waals surface area (Å²) in [5, 5.41) is 19.1. The van der Waals surface area contributed by atoms with Crippen molar-refractivity contribution in [2.75, 3.05) is 11.9 Å². The number of hydrogen-bond acceptors (Lipinski definition) is 4. The van der Waals surface area contributed by atoms with Crippen LogP contribution in [0.15, 0.2) is 72.8 Å². The van der Waals surface area contributed by atoms with E-state index in [1.807, 2.05) is 66.7 Å². The van der Waals surface area contributed by atoms with E-state index in [1.165, 1.54) is 0 Å². The van der Waals surface area contributed by atoms with Crippen LogP contribution in [0.4, 0.5) is 15.3 Å². The lowest BCUT2D eigenvalue weighted by molar-refractivity contribution is -0.139. The number of hydrogen-bond donors (Lipinski definition) is 4. The maximum absolute atomic E-state index is 12.2. The Morgan fingerprint density at radius 2 is 1.62 bits per heavy atom. The Hall–Kier alpha value is -4.07. The van der Waals surface area contributed by atoms with Gasteiger partial charge in [-0.2, -0.15) is 0 Å². The zero-order valence-corrected chi connectivity index (χ0v) is 17.4. The van der Waals surface area contributed by atoms with Gasteiger partial charge in [-0.15, -0.1) is 0 Å². The number of carboxylic acid groups (broad SMARTS) is 1. The minimum atomic E-state index is -1.15. The number of alkyl carbamates (subject to hydrolysis) is 1. The van der Waals surface area contributed by atoms with Gasteiger partial charge in [-0.05, 0) is 41.3 Å². The third kappa shape index (κ3) is 7.02. The van der Waals surface area contributed by atoms with E-state index < -0.39 is 24.1 Å². The molecule has 4 N–H and O–H groups in total. The average Bonchev–Trinajstić information content (AvgIpc) is 2.80. The fourth-order valence-corrected chi connectivity index (χ4v) is 3.12. The first kappa shape index (κ1) is 22.6. The highest BCUT2D eigenvalue weighted by molar-refractivity contribution is 5.95. The number of rotatable bonds is 9. The number of aliphatic carboxylic acids is 1. The van der Waals surface area contributed by atoms with E-state index in [0.717, 1.165) is 16.3 Å². The van der Waals surface area contributed by atoms with E-state index in [1.54, 1.807) is 6.07 Å². The Morgan fingerprint density at radius 1 is 0.906 bits per heavy atom. The molecular formula is C24H25N3O5. The van der Waals surface area contributed by atoms with Gasteiger partial charge >= 0.3 is 18.1 Å². The van der Waals surface area contributed by atoms with Gasteiger partial charge in [0.1, 0.15) is 12.6 Å². The molecule has 1 atom stereocenters. The van der Waals surface area contributed by atoms with E-state index in [-0.39, 0.29) is 19.6 Å². The van der Waals surface area contributed by atoms with E-state index in [2.05, 4.69) is 16.0 Å². The van der Waals surface area contributed by atoms with Crippen LogP contribution in [-0.2, 0) is 16.1 Å². The molecule has 0 aliphatic heterocycles. The SMILES string of the molecule is O=C(Nc1ccc2ccccc2c1)N[C@H](CCCNC(=O)OCc1ccccc1)C(=O)O. The smallest absolute Gasteiger partial charge is 0.407 e. The summed E-state index contributed by atoms with van der Waals surface area (Å²) in [4.78, 5) is 35.5. The fourth-order valence-electron chi connectivity index (χ4n) is 3.12. The highest BCUT2D eigenvalue weighted by Gasteiger charge is 2.19. The molecule has 0 aliphatic rings. The normalized spacial score (nSPS) is 11.4. The van der Waals surface area contributed by atoms with Gasteiger partial charge in [0.2, 0.25) is 0 Å². The molecule has 166 valence electrons. The number of anilines is 1. The van der Waals surface area contributed by atoms with Crippen LogP contribution < -0.4 is 16.0 Å². The first-order chi connectivity index (χ1) is 15.5. The molecule has 0 aromatic heterocycles. The molecule has 0 aliphatic carbocycles. The third-order valence-corrected chi connectivity index (χ3v) is 4.76. The Kier molecular flexibility index (Phi) is 8.02. The maximum atomic E-state index is 12.2. The average molecular weight is 435 g/mol. The van der Waals surface area contributed by atoms with Gasteiger partial charge in [0.25, 0.3) is 0 Å². The van der Waals surface area contributed by atoms with Crippen molar-refractivity contribution in [3.8, 4) is 0 Å². The highest BCUT2D eigenvalue weighted by Crippen LogP contribution is 2.18. The van der Waals surface area contributed by atoms with Crippen molar-refractivity contribution in [3.63, 3.8) is 0 Å². The lowest BCUT2D eigenvalue weighted by Gasteiger charge is -2.15. The topological polar surface area (TPSA) is 117 Å². The van der Waals surface area contributed by atoms with Crippen LogP contribution in [0, 0.1) is 0 Å². The molecule has 3 aromatic rings. The number of amides is 3. The number of carbonyl (C=O) groups excluding carboxylic acids is 2. The zero-order valence-electron chi connectivity index (χ0n) is 17.4. The predicted octanol–water partition coefficient (Wildman–Crippen LogP) is 4.12. The molecule has 0 heterocycles. The molecule has 8 nitrogen and oxygen atoms in total. The van der Waals surface area contributed by atoms with Gasteiger partial charge in [-0.25, -0.2) is 14.4 Å². The molecule has 0 fully saturated rings. The standard InChI is InChI=1S/C24H25N3O5/c28-22(29)21(11-6-14-25-24(31)32-16-17-7-2-1-3-8-17)27-23(30)26-20-13-12-18-9-4-5-10-19(18)15-20/h1-5,7-10,12-13,15,21H,6,11,14,16H2,(H,25,31)(H,28,29)(H2,26,27,30)/t21-/m1/s1. The quantitative estimate of drug-likeness (QED) is 0.377. The Balaban J connectivity index is 1.40. The van der Waals surface area contributed by atoms with Crippen molar-refractivity contribution >= 4 is 34.6 Å². The number of ether oxygens (including phenoxy) is 1. The van der Waals surface area contributed by atoms with Gasteiger partial charge in [-0.1, -0.05) is 60.7 Å². The fraction of sp³-hybridized carbons (Fsp3) is 0.208. The summed E-state index contributed by atoms with van der Waals surface area (Å²) in [5.41, 5.74) is 1.43. The summed E-state index contributed by atoms with van der Waals surface area (Å²) < 4.78 is 5.10. The van der Waals surface area contributed by atoms with Crippen molar-refractivity contribution < 1.29 is 24.2 Å². The second kappa shape index (κ2) is 11.4. The predicted molar refractivity (Wildman–Crippen MR) is 121 cm³/mol. The van der Waals surface area contributed by atoms with Crippen molar-refractivity contribution in [1.29, 1.82) is 0 Å². The van der Waals surface area contributed by atoms with Crippen molar-refractivity contribution in [3.05, 3.63) is 78.4 Å². The van der Waals surface area contributed by atoms with Crippen LogP contribution >= 0.6 is 0 Å². The molecule has 3 amide bonds. The molecule has 32 heavy (non-hydrogen) atoms. The first-order valence-corrected chi connectivity index (χ1v) is 10.2. The number of nitrogens with one attached hydrogen (secondary N) is 3. The Labute approximate surface area is 185 Å². The molecule has 0 spiro atoms. The number of carbonyl (C=O) groups is 3.